The molecule has 0 aliphatic rings. The average Bonchev–Trinajstić information content (AvgIpc) is 2.39. The standard InChI is InChI=1S/C10H14O.C8H19N/c1-10(2,3)8-6-4-5-7-9(8)11;1-3-5-7-9-8-6-4-2/h4-7,11H,1-3H3;9H,3-8H2,1-2H3. The zero-order valence-electron chi connectivity index (χ0n) is 14.0. The van der Waals surface area contributed by atoms with Gasteiger partial charge in [0.1, 0.15) is 5.75 Å². The number of unbranched alkanes of at least 4 members (excludes halogenated alkanes) is 2. The molecule has 1 aromatic rings. The van der Waals surface area contributed by atoms with Crippen LogP contribution in [0.2, 0.25) is 0 Å². The van der Waals surface area contributed by atoms with Gasteiger partial charge in [0.25, 0.3) is 0 Å². The van der Waals surface area contributed by atoms with Crippen LogP contribution in [0.4, 0.5) is 0 Å². The van der Waals surface area contributed by atoms with Crippen molar-refractivity contribution in [2.75, 3.05) is 13.1 Å². The molecule has 0 aliphatic carbocycles. The Bertz CT molecular complexity index is 336. The number of aromatic hydroxyl groups is 1. The summed E-state index contributed by atoms with van der Waals surface area (Å²) in [5, 5.41) is 12.8. The molecule has 0 amide bonds. The van der Waals surface area contributed by atoms with Gasteiger partial charge >= 0.3 is 0 Å². The minimum atomic E-state index is 0.0331. The highest BCUT2D eigenvalue weighted by atomic mass is 16.3. The van der Waals surface area contributed by atoms with Gasteiger partial charge in [-0.05, 0) is 43.0 Å². The molecule has 2 nitrogen and oxygen atoms in total. The topological polar surface area (TPSA) is 32.3 Å². The summed E-state index contributed by atoms with van der Waals surface area (Å²) < 4.78 is 0. The predicted molar refractivity (Wildman–Crippen MR) is 89.5 cm³/mol. The first kappa shape index (κ1) is 19.0. The molecular weight excluding hydrogens is 246 g/mol. The van der Waals surface area contributed by atoms with E-state index in [1.54, 1.807) is 6.07 Å². The molecule has 2 N–H and O–H groups in total. The van der Waals surface area contributed by atoms with E-state index in [9.17, 15) is 5.11 Å². The third-order valence-electron chi connectivity index (χ3n) is 3.13. The summed E-state index contributed by atoms with van der Waals surface area (Å²) in [4.78, 5) is 0. The second-order valence-electron chi connectivity index (χ2n) is 6.22. The van der Waals surface area contributed by atoms with Crippen LogP contribution in [0, 0.1) is 0 Å². The van der Waals surface area contributed by atoms with Crippen molar-refractivity contribution in [1.29, 1.82) is 0 Å². The summed E-state index contributed by atoms with van der Waals surface area (Å²) in [6, 6.07) is 7.46. The molecule has 0 spiro atoms. The first-order chi connectivity index (χ1) is 9.43. The molecule has 0 unspecified atom stereocenters. The van der Waals surface area contributed by atoms with Crippen LogP contribution in [0.1, 0.15) is 65.9 Å². The maximum absolute atomic E-state index is 9.45. The van der Waals surface area contributed by atoms with Gasteiger partial charge < -0.3 is 10.4 Å². The van der Waals surface area contributed by atoms with Crippen LogP contribution < -0.4 is 5.32 Å². The molecule has 116 valence electrons. The Morgan fingerprint density at radius 3 is 1.80 bits per heavy atom. The fourth-order valence-corrected chi connectivity index (χ4v) is 1.84. The molecule has 0 bridgehead atoms. The second kappa shape index (κ2) is 10.7. The molecule has 1 aromatic carbocycles. The summed E-state index contributed by atoms with van der Waals surface area (Å²) in [7, 11) is 0. The van der Waals surface area contributed by atoms with Crippen LogP contribution in [0.5, 0.6) is 5.75 Å². The highest BCUT2D eigenvalue weighted by Crippen LogP contribution is 2.29. The van der Waals surface area contributed by atoms with E-state index in [-0.39, 0.29) is 5.41 Å². The number of nitrogens with one attached hydrogen (secondary N) is 1. The Kier molecular flexibility index (Phi) is 10.2. The lowest BCUT2D eigenvalue weighted by molar-refractivity contribution is 0.447. The summed E-state index contributed by atoms with van der Waals surface area (Å²) in [5.41, 5.74) is 1.03. The Labute approximate surface area is 125 Å². The average molecular weight is 279 g/mol. The van der Waals surface area contributed by atoms with Crippen LogP contribution in [0.25, 0.3) is 0 Å². The molecule has 0 radical (unpaired) electrons. The number of hydrogen-bond donors (Lipinski definition) is 2. The number of hydrogen-bond acceptors (Lipinski definition) is 2. The smallest absolute Gasteiger partial charge is 0.119 e. The maximum atomic E-state index is 9.45. The zero-order chi connectivity index (χ0) is 15.4. The molecule has 0 fully saturated rings. The van der Waals surface area contributed by atoms with Gasteiger partial charge in [-0.25, -0.2) is 0 Å². The third-order valence-corrected chi connectivity index (χ3v) is 3.13. The van der Waals surface area contributed by atoms with Gasteiger partial charge in [-0.1, -0.05) is 65.7 Å². The highest BCUT2D eigenvalue weighted by Gasteiger charge is 2.16. The van der Waals surface area contributed by atoms with Gasteiger partial charge in [0.2, 0.25) is 0 Å². The van der Waals surface area contributed by atoms with Crippen molar-refractivity contribution in [2.45, 2.75) is 65.7 Å². The van der Waals surface area contributed by atoms with E-state index in [2.05, 4.69) is 39.9 Å². The number of phenolic OH excluding ortho intramolecular Hbond substituents is 1. The molecule has 0 aliphatic heterocycles. The van der Waals surface area contributed by atoms with Crippen LogP contribution in [0.15, 0.2) is 24.3 Å². The van der Waals surface area contributed by atoms with Gasteiger partial charge in [0.05, 0.1) is 0 Å². The highest BCUT2D eigenvalue weighted by molar-refractivity contribution is 5.36. The minimum absolute atomic E-state index is 0.0331. The monoisotopic (exact) mass is 279 g/mol. The van der Waals surface area contributed by atoms with E-state index < -0.39 is 0 Å². The van der Waals surface area contributed by atoms with E-state index >= 15 is 0 Å². The van der Waals surface area contributed by atoms with Gasteiger partial charge in [-0.3, -0.25) is 0 Å². The van der Waals surface area contributed by atoms with E-state index in [1.165, 1.54) is 38.8 Å². The van der Waals surface area contributed by atoms with Gasteiger partial charge in [-0.15, -0.1) is 0 Å². The van der Waals surface area contributed by atoms with Crippen LogP contribution in [-0.2, 0) is 5.41 Å². The lowest BCUT2D eigenvalue weighted by atomic mass is 9.86. The van der Waals surface area contributed by atoms with E-state index in [0.29, 0.717) is 5.75 Å². The van der Waals surface area contributed by atoms with E-state index in [0.717, 1.165) is 5.56 Å². The Hall–Kier alpha value is -1.02. The number of benzene rings is 1. The summed E-state index contributed by atoms with van der Waals surface area (Å²) in [5.74, 6) is 0.389. The molecule has 0 saturated carbocycles. The molecule has 2 heteroatoms. The summed E-state index contributed by atoms with van der Waals surface area (Å²) in [6.07, 6.45) is 5.26. The first-order valence-electron chi connectivity index (χ1n) is 7.92. The maximum Gasteiger partial charge on any atom is 0.119 e. The van der Waals surface area contributed by atoms with Crippen molar-refractivity contribution in [3.8, 4) is 5.75 Å². The molecule has 0 aromatic heterocycles. The SMILES string of the molecule is CC(C)(C)c1ccccc1O.CCCCNCCCC. The van der Waals surface area contributed by atoms with Crippen molar-refractivity contribution in [3.05, 3.63) is 29.8 Å². The van der Waals surface area contributed by atoms with Crippen molar-refractivity contribution >= 4 is 0 Å². The van der Waals surface area contributed by atoms with Crippen molar-refractivity contribution in [3.63, 3.8) is 0 Å². The predicted octanol–water partition coefficient (Wildman–Crippen LogP) is 4.87. The molecule has 1 rings (SSSR count). The Morgan fingerprint density at radius 1 is 0.950 bits per heavy atom. The number of para-hydroxylation sites is 1. The van der Waals surface area contributed by atoms with E-state index in [1.807, 2.05) is 18.2 Å². The molecule has 20 heavy (non-hydrogen) atoms. The van der Waals surface area contributed by atoms with Gasteiger partial charge in [0, 0.05) is 0 Å². The van der Waals surface area contributed by atoms with Crippen molar-refractivity contribution in [1.82, 2.24) is 5.32 Å². The van der Waals surface area contributed by atoms with E-state index in [4.69, 9.17) is 0 Å². The molecule has 0 saturated heterocycles. The van der Waals surface area contributed by atoms with Gasteiger partial charge in [-0.2, -0.15) is 0 Å². The lowest BCUT2D eigenvalue weighted by Crippen LogP contribution is -2.15. The number of rotatable bonds is 6. The van der Waals surface area contributed by atoms with Crippen molar-refractivity contribution in [2.24, 2.45) is 0 Å². The minimum Gasteiger partial charge on any atom is -0.508 e. The van der Waals surface area contributed by atoms with Crippen LogP contribution in [-0.4, -0.2) is 18.2 Å². The second-order valence-corrected chi connectivity index (χ2v) is 6.22. The normalized spacial score (nSPS) is 10.8. The summed E-state index contributed by atoms with van der Waals surface area (Å²) in [6.45, 7) is 13.1. The Balaban J connectivity index is 0.000000370. The molecule has 0 atom stereocenters. The molecular formula is C18H33NO. The largest absolute Gasteiger partial charge is 0.508 e. The third kappa shape index (κ3) is 8.98. The molecule has 0 heterocycles. The van der Waals surface area contributed by atoms with Crippen LogP contribution >= 0.6 is 0 Å². The Morgan fingerprint density at radius 2 is 1.45 bits per heavy atom. The van der Waals surface area contributed by atoms with Crippen LogP contribution in [0.3, 0.4) is 0 Å². The van der Waals surface area contributed by atoms with Gasteiger partial charge in [0.15, 0.2) is 0 Å². The fraction of sp³-hybridized carbons (Fsp3) is 0.667. The fourth-order valence-electron chi connectivity index (χ4n) is 1.84. The summed E-state index contributed by atoms with van der Waals surface area (Å²) >= 11 is 0. The zero-order valence-corrected chi connectivity index (χ0v) is 14.0. The number of phenols is 1. The lowest BCUT2D eigenvalue weighted by Gasteiger charge is -2.19. The first-order valence-corrected chi connectivity index (χ1v) is 7.92. The van der Waals surface area contributed by atoms with Crippen molar-refractivity contribution < 1.29 is 5.11 Å². The quantitative estimate of drug-likeness (QED) is 0.728.